The summed E-state index contributed by atoms with van der Waals surface area (Å²) in [7, 11) is 0. The van der Waals surface area contributed by atoms with Gasteiger partial charge in [-0.25, -0.2) is 0 Å². The Bertz CT molecular complexity index is 500. The van der Waals surface area contributed by atoms with Crippen molar-refractivity contribution in [3.63, 3.8) is 0 Å². The molecule has 0 aliphatic rings. The third-order valence-corrected chi connectivity index (χ3v) is 3.25. The summed E-state index contributed by atoms with van der Waals surface area (Å²) < 4.78 is 0. The molecule has 0 radical (unpaired) electrons. The Kier molecular flexibility index (Phi) is 3.70. The summed E-state index contributed by atoms with van der Waals surface area (Å²) in [5, 5.41) is 4.18. The maximum atomic E-state index is 6.17. The molecule has 0 fully saturated rings. The van der Waals surface area contributed by atoms with Crippen LogP contribution in [0.5, 0.6) is 0 Å². The minimum absolute atomic E-state index is 0.776. The molecule has 0 bridgehead atoms. The van der Waals surface area contributed by atoms with Gasteiger partial charge >= 0.3 is 0 Å². The van der Waals surface area contributed by atoms with E-state index in [1.165, 1.54) is 16.7 Å². The van der Waals surface area contributed by atoms with Crippen LogP contribution in [-0.2, 0) is 6.54 Å². The average molecular weight is 246 g/mol. The van der Waals surface area contributed by atoms with E-state index in [4.69, 9.17) is 11.6 Å². The molecule has 0 heterocycles. The SMILES string of the molecule is Cc1ccccc1CNc1c(C)cccc1Cl. The zero-order valence-electron chi connectivity index (χ0n) is 10.1. The summed E-state index contributed by atoms with van der Waals surface area (Å²) in [6, 6.07) is 14.3. The minimum atomic E-state index is 0.776. The van der Waals surface area contributed by atoms with Crippen molar-refractivity contribution >= 4 is 17.3 Å². The normalized spacial score (nSPS) is 10.3. The van der Waals surface area contributed by atoms with E-state index in [-0.39, 0.29) is 0 Å². The second-order valence-corrected chi connectivity index (χ2v) is 4.62. The summed E-state index contributed by atoms with van der Waals surface area (Å²) >= 11 is 6.17. The lowest BCUT2D eigenvalue weighted by Gasteiger charge is -2.12. The van der Waals surface area contributed by atoms with Gasteiger partial charge in [0.1, 0.15) is 0 Å². The van der Waals surface area contributed by atoms with E-state index in [0.29, 0.717) is 0 Å². The van der Waals surface area contributed by atoms with Crippen LogP contribution in [0.4, 0.5) is 5.69 Å². The lowest BCUT2D eigenvalue weighted by molar-refractivity contribution is 1.11. The number of rotatable bonds is 3. The number of para-hydroxylation sites is 1. The standard InChI is InChI=1S/C15H16ClN/c1-11-6-3-4-8-13(11)10-17-15-12(2)7-5-9-14(15)16/h3-9,17H,10H2,1-2H3. The first-order valence-corrected chi connectivity index (χ1v) is 6.10. The molecule has 0 spiro atoms. The summed E-state index contributed by atoms with van der Waals surface area (Å²) in [6.07, 6.45) is 0. The molecular weight excluding hydrogens is 230 g/mol. The quantitative estimate of drug-likeness (QED) is 0.835. The van der Waals surface area contributed by atoms with E-state index in [2.05, 4.69) is 49.5 Å². The monoisotopic (exact) mass is 245 g/mol. The fourth-order valence-corrected chi connectivity index (χ4v) is 2.14. The Morgan fingerprint density at radius 1 is 0.941 bits per heavy atom. The Balaban J connectivity index is 2.16. The van der Waals surface area contributed by atoms with Gasteiger partial charge in [-0.15, -0.1) is 0 Å². The Hall–Kier alpha value is -1.47. The molecule has 88 valence electrons. The first-order valence-electron chi connectivity index (χ1n) is 5.72. The molecular formula is C15H16ClN. The van der Waals surface area contributed by atoms with Crippen molar-refractivity contribution in [3.05, 3.63) is 64.2 Å². The number of hydrogen-bond acceptors (Lipinski definition) is 1. The van der Waals surface area contributed by atoms with E-state index in [0.717, 1.165) is 17.3 Å². The number of aryl methyl sites for hydroxylation is 2. The fraction of sp³-hybridized carbons (Fsp3) is 0.200. The zero-order chi connectivity index (χ0) is 12.3. The Labute approximate surface area is 107 Å². The summed E-state index contributed by atoms with van der Waals surface area (Å²) in [5.41, 5.74) is 4.79. The van der Waals surface area contributed by atoms with Crippen LogP contribution in [-0.4, -0.2) is 0 Å². The maximum Gasteiger partial charge on any atom is 0.0640 e. The van der Waals surface area contributed by atoms with E-state index >= 15 is 0 Å². The van der Waals surface area contributed by atoms with Crippen LogP contribution in [0.3, 0.4) is 0 Å². The van der Waals surface area contributed by atoms with Crippen molar-refractivity contribution < 1.29 is 0 Å². The van der Waals surface area contributed by atoms with E-state index in [9.17, 15) is 0 Å². The summed E-state index contributed by atoms with van der Waals surface area (Å²) in [4.78, 5) is 0. The molecule has 0 unspecified atom stereocenters. The largest absolute Gasteiger partial charge is 0.380 e. The third-order valence-electron chi connectivity index (χ3n) is 2.94. The van der Waals surface area contributed by atoms with Gasteiger partial charge in [0.05, 0.1) is 10.7 Å². The lowest BCUT2D eigenvalue weighted by Crippen LogP contribution is -2.03. The highest BCUT2D eigenvalue weighted by molar-refractivity contribution is 6.33. The number of halogens is 1. The van der Waals surface area contributed by atoms with Crippen LogP contribution in [0.25, 0.3) is 0 Å². The smallest absolute Gasteiger partial charge is 0.0640 e. The molecule has 2 rings (SSSR count). The van der Waals surface area contributed by atoms with Crippen LogP contribution < -0.4 is 5.32 Å². The first-order chi connectivity index (χ1) is 8.18. The van der Waals surface area contributed by atoms with Gasteiger partial charge in [0.2, 0.25) is 0 Å². The second-order valence-electron chi connectivity index (χ2n) is 4.21. The molecule has 2 heteroatoms. The number of benzene rings is 2. The fourth-order valence-electron chi connectivity index (χ4n) is 1.85. The van der Waals surface area contributed by atoms with Gasteiger partial charge in [-0.1, -0.05) is 48.0 Å². The lowest BCUT2D eigenvalue weighted by atomic mass is 10.1. The molecule has 0 aliphatic heterocycles. The van der Waals surface area contributed by atoms with Gasteiger partial charge in [-0.05, 0) is 36.6 Å². The molecule has 0 atom stereocenters. The van der Waals surface area contributed by atoms with E-state index in [1.54, 1.807) is 0 Å². The van der Waals surface area contributed by atoms with Crippen molar-refractivity contribution in [1.82, 2.24) is 0 Å². The predicted molar refractivity (Wildman–Crippen MR) is 74.7 cm³/mol. The molecule has 0 aliphatic carbocycles. The van der Waals surface area contributed by atoms with Gasteiger partial charge in [-0.2, -0.15) is 0 Å². The first kappa shape index (κ1) is 12.0. The Morgan fingerprint density at radius 3 is 2.35 bits per heavy atom. The topological polar surface area (TPSA) is 12.0 Å². The van der Waals surface area contributed by atoms with Gasteiger partial charge in [0.25, 0.3) is 0 Å². The number of anilines is 1. The highest BCUT2D eigenvalue weighted by Gasteiger charge is 2.03. The summed E-state index contributed by atoms with van der Waals surface area (Å²) in [6.45, 7) is 4.99. The van der Waals surface area contributed by atoms with Crippen LogP contribution in [0.2, 0.25) is 5.02 Å². The second kappa shape index (κ2) is 5.24. The van der Waals surface area contributed by atoms with Gasteiger partial charge in [-0.3, -0.25) is 0 Å². The van der Waals surface area contributed by atoms with Crippen molar-refractivity contribution in [3.8, 4) is 0 Å². The van der Waals surface area contributed by atoms with Gasteiger partial charge in [0.15, 0.2) is 0 Å². The van der Waals surface area contributed by atoms with Crippen molar-refractivity contribution in [2.24, 2.45) is 0 Å². The van der Waals surface area contributed by atoms with Crippen molar-refractivity contribution in [1.29, 1.82) is 0 Å². The molecule has 1 nitrogen and oxygen atoms in total. The molecule has 0 saturated carbocycles. The van der Waals surface area contributed by atoms with E-state index < -0.39 is 0 Å². The minimum Gasteiger partial charge on any atom is -0.380 e. The molecule has 0 aromatic heterocycles. The molecule has 1 N–H and O–H groups in total. The maximum absolute atomic E-state index is 6.17. The molecule has 2 aromatic rings. The van der Waals surface area contributed by atoms with E-state index in [1.807, 2.05) is 12.1 Å². The average Bonchev–Trinajstić information content (AvgIpc) is 2.30. The number of hydrogen-bond donors (Lipinski definition) is 1. The predicted octanol–water partition coefficient (Wildman–Crippen LogP) is 4.57. The molecule has 17 heavy (non-hydrogen) atoms. The van der Waals surface area contributed by atoms with Crippen LogP contribution in [0.15, 0.2) is 42.5 Å². The highest BCUT2D eigenvalue weighted by atomic mass is 35.5. The van der Waals surface area contributed by atoms with Crippen LogP contribution in [0, 0.1) is 13.8 Å². The van der Waals surface area contributed by atoms with Crippen LogP contribution in [0.1, 0.15) is 16.7 Å². The molecule has 0 saturated heterocycles. The highest BCUT2D eigenvalue weighted by Crippen LogP contribution is 2.25. The number of nitrogens with one attached hydrogen (secondary N) is 1. The summed E-state index contributed by atoms with van der Waals surface area (Å²) in [5.74, 6) is 0. The van der Waals surface area contributed by atoms with Gasteiger partial charge < -0.3 is 5.32 Å². The van der Waals surface area contributed by atoms with Crippen molar-refractivity contribution in [2.75, 3.05) is 5.32 Å². The molecule has 2 aromatic carbocycles. The van der Waals surface area contributed by atoms with Gasteiger partial charge in [0, 0.05) is 6.54 Å². The third kappa shape index (κ3) is 2.80. The van der Waals surface area contributed by atoms with Crippen LogP contribution >= 0.6 is 11.6 Å². The van der Waals surface area contributed by atoms with Crippen molar-refractivity contribution in [2.45, 2.75) is 20.4 Å². The zero-order valence-corrected chi connectivity index (χ0v) is 10.9. The molecule has 0 amide bonds. The Morgan fingerprint density at radius 2 is 1.65 bits per heavy atom.